The van der Waals surface area contributed by atoms with Crippen LogP contribution in [0.25, 0.3) is 0 Å². The highest BCUT2D eigenvalue weighted by molar-refractivity contribution is 6.33. The van der Waals surface area contributed by atoms with Gasteiger partial charge in [-0.3, -0.25) is 4.79 Å². The van der Waals surface area contributed by atoms with Crippen LogP contribution in [-0.4, -0.2) is 15.9 Å². The lowest BCUT2D eigenvalue weighted by Crippen LogP contribution is -2.15. The van der Waals surface area contributed by atoms with E-state index in [0.717, 1.165) is 23.3 Å². The number of hydrogen-bond acceptors (Lipinski definition) is 4. The number of carbonyl (C=O) groups is 1. The largest absolute Gasteiger partial charge is 0.323 e. The standard InChI is InChI=1S/C19H15ClF2N4O/c1-10-6-11(2)16(13(20)7-10)26-19-23-8-12(9-24-19)18(27)25-17-14(21)4-3-5-15(17)22/h3-9H,1-2H3,(H,25,27)(H,23,24,26). The van der Waals surface area contributed by atoms with E-state index in [-0.39, 0.29) is 11.5 Å². The Bertz CT molecular complexity index is 966. The number of nitrogens with one attached hydrogen (secondary N) is 2. The molecule has 0 aliphatic rings. The van der Waals surface area contributed by atoms with Crippen molar-refractivity contribution >= 4 is 34.8 Å². The molecule has 0 saturated heterocycles. The Labute approximate surface area is 159 Å². The normalized spacial score (nSPS) is 10.6. The molecule has 0 saturated carbocycles. The summed E-state index contributed by atoms with van der Waals surface area (Å²) in [6.07, 6.45) is 2.50. The molecule has 0 spiro atoms. The van der Waals surface area contributed by atoms with Crippen molar-refractivity contribution < 1.29 is 13.6 Å². The lowest BCUT2D eigenvalue weighted by molar-refractivity contribution is 0.102. The number of rotatable bonds is 4. The van der Waals surface area contributed by atoms with Crippen molar-refractivity contribution in [2.45, 2.75) is 13.8 Å². The number of aryl methyl sites for hydroxylation is 2. The molecule has 3 rings (SSSR count). The quantitative estimate of drug-likeness (QED) is 0.658. The van der Waals surface area contributed by atoms with Crippen LogP contribution < -0.4 is 10.6 Å². The predicted molar refractivity (Wildman–Crippen MR) is 101 cm³/mol. The number of hydrogen-bond donors (Lipinski definition) is 2. The van der Waals surface area contributed by atoms with E-state index in [9.17, 15) is 13.6 Å². The summed E-state index contributed by atoms with van der Waals surface area (Å²) >= 11 is 6.23. The summed E-state index contributed by atoms with van der Waals surface area (Å²) in [5, 5.41) is 5.70. The van der Waals surface area contributed by atoms with Crippen LogP contribution in [0, 0.1) is 25.5 Å². The van der Waals surface area contributed by atoms with Gasteiger partial charge in [-0.1, -0.05) is 23.7 Å². The number of aromatic nitrogens is 2. The van der Waals surface area contributed by atoms with Gasteiger partial charge < -0.3 is 10.6 Å². The minimum absolute atomic E-state index is 0.0509. The third-order valence-electron chi connectivity index (χ3n) is 3.78. The molecule has 0 fully saturated rings. The Hall–Kier alpha value is -3.06. The number of amides is 1. The summed E-state index contributed by atoms with van der Waals surface area (Å²) in [6.45, 7) is 3.83. The van der Waals surface area contributed by atoms with E-state index in [2.05, 4.69) is 20.6 Å². The number of anilines is 3. The zero-order chi connectivity index (χ0) is 19.6. The molecular formula is C19H15ClF2N4O. The van der Waals surface area contributed by atoms with Gasteiger partial charge in [-0.2, -0.15) is 0 Å². The molecule has 1 amide bonds. The molecule has 138 valence electrons. The second kappa shape index (κ2) is 7.67. The van der Waals surface area contributed by atoms with Crippen molar-refractivity contribution in [3.63, 3.8) is 0 Å². The van der Waals surface area contributed by atoms with Gasteiger partial charge in [0, 0.05) is 12.4 Å². The van der Waals surface area contributed by atoms with Gasteiger partial charge in [0.25, 0.3) is 5.91 Å². The summed E-state index contributed by atoms with van der Waals surface area (Å²) in [7, 11) is 0. The van der Waals surface area contributed by atoms with Crippen molar-refractivity contribution in [2.75, 3.05) is 10.6 Å². The molecule has 27 heavy (non-hydrogen) atoms. The minimum Gasteiger partial charge on any atom is -0.323 e. The van der Waals surface area contributed by atoms with E-state index in [0.29, 0.717) is 10.7 Å². The number of nitrogens with zero attached hydrogens (tertiary/aromatic N) is 2. The molecule has 0 bridgehead atoms. The molecule has 1 heterocycles. The fourth-order valence-electron chi connectivity index (χ4n) is 2.50. The maximum atomic E-state index is 13.6. The number of benzene rings is 2. The van der Waals surface area contributed by atoms with Crippen LogP contribution in [0.4, 0.5) is 26.1 Å². The Morgan fingerprint density at radius 2 is 1.67 bits per heavy atom. The highest BCUT2D eigenvalue weighted by atomic mass is 35.5. The predicted octanol–water partition coefficient (Wildman–Crippen LogP) is 5.02. The van der Waals surface area contributed by atoms with E-state index in [1.165, 1.54) is 18.5 Å². The number of carbonyl (C=O) groups excluding carboxylic acids is 1. The first-order valence-corrected chi connectivity index (χ1v) is 8.34. The monoisotopic (exact) mass is 388 g/mol. The molecule has 5 nitrogen and oxygen atoms in total. The Kier molecular flexibility index (Phi) is 5.32. The van der Waals surface area contributed by atoms with Crippen LogP contribution in [0.1, 0.15) is 21.5 Å². The first-order chi connectivity index (χ1) is 12.8. The maximum Gasteiger partial charge on any atom is 0.258 e. The first-order valence-electron chi connectivity index (χ1n) is 7.96. The van der Waals surface area contributed by atoms with Crippen LogP contribution in [-0.2, 0) is 0 Å². The molecule has 0 aliphatic carbocycles. The van der Waals surface area contributed by atoms with Crippen LogP contribution in [0.2, 0.25) is 5.02 Å². The van der Waals surface area contributed by atoms with Gasteiger partial charge in [0.2, 0.25) is 5.95 Å². The average molecular weight is 389 g/mol. The Balaban J connectivity index is 1.77. The maximum absolute atomic E-state index is 13.6. The van der Waals surface area contributed by atoms with Gasteiger partial charge in [-0.15, -0.1) is 0 Å². The van der Waals surface area contributed by atoms with Crippen LogP contribution in [0.5, 0.6) is 0 Å². The van der Waals surface area contributed by atoms with Crippen molar-refractivity contribution in [3.05, 3.63) is 76.1 Å². The second-order valence-electron chi connectivity index (χ2n) is 5.91. The van der Waals surface area contributed by atoms with Crippen LogP contribution in [0.15, 0.2) is 42.7 Å². The summed E-state index contributed by atoms with van der Waals surface area (Å²) in [6, 6.07) is 7.08. The zero-order valence-electron chi connectivity index (χ0n) is 14.5. The van der Waals surface area contributed by atoms with Gasteiger partial charge in [0.1, 0.15) is 17.3 Å². The minimum atomic E-state index is -0.868. The molecule has 0 unspecified atom stereocenters. The molecule has 1 aromatic heterocycles. The topological polar surface area (TPSA) is 66.9 Å². The highest BCUT2D eigenvalue weighted by Crippen LogP contribution is 2.29. The molecule has 0 radical (unpaired) electrons. The van der Waals surface area contributed by atoms with Gasteiger partial charge in [0.15, 0.2) is 0 Å². The SMILES string of the molecule is Cc1cc(C)c(Nc2ncc(C(=O)Nc3c(F)cccc3F)cn2)c(Cl)c1. The molecule has 3 aromatic rings. The third kappa shape index (κ3) is 4.20. The van der Waals surface area contributed by atoms with E-state index in [1.807, 2.05) is 26.0 Å². The van der Waals surface area contributed by atoms with Crippen molar-refractivity contribution in [2.24, 2.45) is 0 Å². The molecule has 2 N–H and O–H groups in total. The molecular weight excluding hydrogens is 374 g/mol. The average Bonchev–Trinajstić information content (AvgIpc) is 2.61. The molecule has 0 atom stereocenters. The third-order valence-corrected chi connectivity index (χ3v) is 4.08. The van der Waals surface area contributed by atoms with Crippen LogP contribution >= 0.6 is 11.6 Å². The number of para-hydroxylation sites is 1. The van der Waals surface area contributed by atoms with E-state index < -0.39 is 23.2 Å². The van der Waals surface area contributed by atoms with Crippen molar-refractivity contribution in [1.82, 2.24) is 9.97 Å². The summed E-state index contributed by atoms with van der Waals surface area (Å²) in [4.78, 5) is 20.3. The van der Waals surface area contributed by atoms with E-state index in [1.54, 1.807) is 0 Å². The van der Waals surface area contributed by atoms with Gasteiger partial charge in [-0.05, 0) is 43.2 Å². The summed E-state index contributed by atoms with van der Waals surface area (Å²) in [5.74, 6) is -2.23. The smallest absolute Gasteiger partial charge is 0.258 e. The Morgan fingerprint density at radius 1 is 1.04 bits per heavy atom. The summed E-state index contributed by atoms with van der Waals surface area (Å²) in [5.41, 5.74) is 2.13. The molecule has 0 aliphatic heterocycles. The fraction of sp³-hybridized carbons (Fsp3) is 0.105. The first kappa shape index (κ1) is 18.7. The highest BCUT2D eigenvalue weighted by Gasteiger charge is 2.14. The van der Waals surface area contributed by atoms with Crippen molar-refractivity contribution in [3.8, 4) is 0 Å². The Morgan fingerprint density at radius 3 is 2.26 bits per heavy atom. The summed E-state index contributed by atoms with van der Waals surface area (Å²) < 4.78 is 27.3. The van der Waals surface area contributed by atoms with E-state index >= 15 is 0 Å². The van der Waals surface area contributed by atoms with Gasteiger partial charge in [0.05, 0.1) is 16.3 Å². The van der Waals surface area contributed by atoms with Gasteiger partial charge >= 0.3 is 0 Å². The van der Waals surface area contributed by atoms with Gasteiger partial charge in [-0.25, -0.2) is 18.7 Å². The second-order valence-corrected chi connectivity index (χ2v) is 6.32. The fourth-order valence-corrected chi connectivity index (χ4v) is 2.87. The lowest BCUT2D eigenvalue weighted by Gasteiger charge is -2.11. The number of halogens is 3. The molecule has 2 aromatic carbocycles. The lowest BCUT2D eigenvalue weighted by atomic mass is 10.1. The van der Waals surface area contributed by atoms with Crippen molar-refractivity contribution in [1.29, 1.82) is 0 Å². The van der Waals surface area contributed by atoms with Crippen LogP contribution in [0.3, 0.4) is 0 Å². The molecule has 8 heteroatoms. The zero-order valence-corrected chi connectivity index (χ0v) is 15.2. The van der Waals surface area contributed by atoms with E-state index in [4.69, 9.17) is 11.6 Å².